The summed E-state index contributed by atoms with van der Waals surface area (Å²) in [7, 11) is 0. The van der Waals surface area contributed by atoms with E-state index in [0.29, 0.717) is 6.54 Å². The number of nitrogens with one attached hydrogen (secondary N) is 1. The van der Waals surface area contributed by atoms with Crippen LogP contribution in [0.25, 0.3) is 16.5 Å². The maximum absolute atomic E-state index is 13.7. The van der Waals surface area contributed by atoms with Gasteiger partial charge in [0.2, 0.25) is 6.41 Å². The first-order chi connectivity index (χ1) is 14.6. The Morgan fingerprint density at radius 1 is 1.23 bits per heavy atom. The largest absolute Gasteiger partial charge is 0.361 e. The number of nitrogens with zero attached hydrogens (tertiary/aromatic N) is 2. The van der Waals surface area contributed by atoms with Crippen LogP contribution >= 0.6 is 11.6 Å². The lowest BCUT2D eigenvalue weighted by Crippen LogP contribution is -2.31. The summed E-state index contributed by atoms with van der Waals surface area (Å²) in [5.41, 5.74) is 5.47. The second-order valence-electron chi connectivity index (χ2n) is 8.12. The van der Waals surface area contributed by atoms with Crippen molar-refractivity contribution in [1.82, 2.24) is 9.88 Å². The molecule has 1 N–H and O–H groups in total. The molecule has 6 heteroatoms. The second kappa shape index (κ2) is 7.89. The first kappa shape index (κ1) is 19.3. The van der Waals surface area contributed by atoms with Crippen molar-refractivity contribution in [2.75, 3.05) is 31.1 Å². The van der Waals surface area contributed by atoms with E-state index in [1.54, 1.807) is 17.0 Å². The zero-order valence-corrected chi connectivity index (χ0v) is 17.3. The van der Waals surface area contributed by atoms with Gasteiger partial charge in [0.25, 0.3) is 0 Å². The van der Waals surface area contributed by atoms with Crippen molar-refractivity contribution in [1.29, 1.82) is 0 Å². The third-order valence-corrected chi connectivity index (χ3v) is 6.60. The summed E-state index contributed by atoms with van der Waals surface area (Å²) >= 11 is 6.10. The number of carbonyl (C=O) groups is 1. The van der Waals surface area contributed by atoms with E-state index in [-0.39, 0.29) is 11.7 Å². The number of rotatable bonds is 5. The molecule has 1 amide bonds. The Morgan fingerprint density at radius 2 is 2.13 bits per heavy atom. The number of carbonyl (C=O) groups excluding carboxylic acids is 1. The zero-order valence-electron chi connectivity index (χ0n) is 16.6. The molecular formula is C24H23ClFN3O. The van der Waals surface area contributed by atoms with E-state index < -0.39 is 0 Å². The summed E-state index contributed by atoms with van der Waals surface area (Å²) in [6.07, 6.45) is 7.13. The van der Waals surface area contributed by atoms with E-state index in [2.05, 4.69) is 28.2 Å². The summed E-state index contributed by atoms with van der Waals surface area (Å²) < 4.78 is 13.7. The standard InChI is InChI=1S/C24H23ClFN3O/c25-18-1-3-20-22(13-27-23(20)11-18)16-5-8-28(9-6-16)10-7-17-14-29(15-30)24-4-2-19(26)12-21(17)24/h1-5,11-13,15,17,27H,6-10,14H2. The Kier molecular flexibility index (Phi) is 5.09. The van der Waals surface area contributed by atoms with Crippen LogP contribution < -0.4 is 4.90 Å². The molecule has 3 aromatic rings. The quantitative estimate of drug-likeness (QED) is 0.573. The highest BCUT2D eigenvalue weighted by molar-refractivity contribution is 6.31. The molecule has 2 aliphatic heterocycles. The number of anilines is 1. The summed E-state index contributed by atoms with van der Waals surface area (Å²) in [6.45, 7) is 3.46. The SMILES string of the molecule is O=CN1CC(CCN2CC=C(c3c[nH]c4cc(Cl)ccc34)CC2)c2cc(F)ccc21. The average molecular weight is 424 g/mol. The van der Waals surface area contributed by atoms with E-state index in [1.165, 1.54) is 22.6 Å². The smallest absolute Gasteiger partial charge is 0.214 e. The molecule has 1 unspecified atom stereocenters. The normalized spacial score (nSPS) is 19.2. The van der Waals surface area contributed by atoms with E-state index in [0.717, 1.165) is 60.7 Å². The van der Waals surface area contributed by atoms with Gasteiger partial charge in [0.15, 0.2) is 0 Å². The van der Waals surface area contributed by atoms with Crippen molar-refractivity contribution in [3.8, 4) is 0 Å². The first-order valence-corrected chi connectivity index (χ1v) is 10.7. The molecule has 2 aromatic carbocycles. The summed E-state index contributed by atoms with van der Waals surface area (Å²) in [6, 6.07) is 10.7. The second-order valence-corrected chi connectivity index (χ2v) is 8.56. The van der Waals surface area contributed by atoms with E-state index in [9.17, 15) is 9.18 Å². The molecule has 0 bridgehead atoms. The molecule has 0 fully saturated rings. The van der Waals surface area contributed by atoms with Crippen molar-refractivity contribution in [2.24, 2.45) is 0 Å². The summed E-state index contributed by atoms with van der Waals surface area (Å²) in [5, 5.41) is 1.94. The fraction of sp³-hybridized carbons (Fsp3) is 0.292. The van der Waals surface area contributed by atoms with Gasteiger partial charge in [0.1, 0.15) is 5.82 Å². The summed E-state index contributed by atoms with van der Waals surface area (Å²) in [4.78, 5) is 18.8. The van der Waals surface area contributed by atoms with Crippen molar-refractivity contribution < 1.29 is 9.18 Å². The van der Waals surface area contributed by atoms with Crippen LogP contribution in [-0.2, 0) is 4.79 Å². The van der Waals surface area contributed by atoms with Crippen LogP contribution in [0, 0.1) is 5.82 Å². The first-order valence-electron chi connectivity index (χ1n) is 10.3. The van der Waals surface area contributed by atoms with Crippen molar-refractivity contribution >= 4 is 40.2 Å². The minimum Gasteiger partial charge on any atom is -0.361 e. The molecule has 0 spiro atoms. The lowest BCUT2D eigenvalue weighted by molar-refractivity contribution is -0.107. The third kappa shape index (κ3) is 3.53. The van der Waals surface area contributed by atoms with Crippen LogP contribution in [-0.4, -0.2) is 42.5 Å². The number of hydrogen-bond acceptors (Lipinski definition) is 2. The van der Waals surface area contributed by atoms with Crippen LogP contribution in [0.1, 0.15) is 29.9 Å². The maximum Gasteiger partial charge on any atom is 0.214 e. The van der Waals surface area contributed by atoms with Gasteiger partial charge in [-0.15, -0.1) is 0 Å². The Morgan fingerprint density at radius 3 is 2.93 bits per heavy atom. The van der Waals surface area contributed by atoms with Gasteiger partial charge in [-0.3, -0.25) is 9.69 Å². The number of hydrogen-bond donors (Lipinski definition) is 1. The van der Waals surface area contributed by atoms with Gasteiger partial charge in [0, 0.05) is 58.9 Å². The number of benzene rings is 2. The molecule has 30 heavy (non-hydrogen) atoms. The average Bonchev–Trinajstić information content (AvgIpc) is 3.33. The van der Waals surface area contributed by atoms with Gasteiger partial charge in [-0.1, -0.05) is 23.7 Å². The van der Waals surface area contributed by atoms with Crippen LogP contribution in [0.15, 0.2) is 48.7 Å². The Hall–Kier alpha value is -2.63. The minimum absolute atomic E-state index is 0.185. The third-order valence-electron chi connectivity index (χ3n) is 6.36. The molecule has 3 heterocycles. The Labute approximate surface area is 179 Å². The van der Waals surface area contributed by atoms with E-state index >= 15 is 0 Å². The van der Waals surface area contributed by atoms with Crippen LogP contribution in [0.2, 0.25) is 5.02 Å². The number of H-pyrrole nitrogens is 1. The molecule has 0 radical (unpaired) electrons. The minimum atomic E-state index is -0.239. The lowest BCUT2D eigenvalue weighted by atomic mass is 9.96. The summed E-state index contributed by atoms with van der Waals surface area (Å²) in [5.74, 6) is -0.0540. The Bertz CT molecular complexity index is 1140. The van der Waals surface area contributed by atoms with Crippen LogP contribution in [0.4, 0.5) is 10.1 Å². The maximum atomic E-state index is 13.7. The lowest BCUT2D eigenvalue weighted by Gasteiger charge is -2.27. The number of fused-ring (bicyclic) bond motifs is 2. The van der Waals surface area contributed by atoms with Crippen molar-refractivity contribution in [3.63, 3.8) is 0 Å². The van der Waals surface area contributed by atoms with Gasteiger partial charge in [-0.25, -0.2) is 4.39 Å². The van der Waals surface area contributed by atoms with Gasteiger partial charge in [-0.05, 0) is 60.9 Å². The zero-order chi connectivity index (χ0) is 20.7. The topological polar surface area (TPSA) is 39.3 Å². The molecule has 2 aliphatic rings. The van der Waals surface area contributed by atoms with Gasteiger partial charge in [-0.2, -0.15) is 0 Å². The molecule has 1 atom stereocenters. The highest BCUT2D eigenvalue weighted by atomic mass is 35.5. The van der Waals surface area contributed by atoms with Crippen LogP contribution in [0.5, 0.6) is 0 Å². The van der Waals surface area contributed by atoms with Crippen LogP contribution in [0.3, 0.4) is 0 Å². The number of aromatic nitrogens is 1. The molecule has 0 saturated carbocycles. The molecule has 4 nitrogen and oxygen atoms in total. The fourth-order valence-corrected chi connectivity index (χ4v) is 4.93. The molecule has 0 saturated heterocycles. The number of aromatic amines is 1. The molecular weight excluding hydrogens is 401 g/mol. The molecule has 0 aliphatic carbocycles. The van der Waals surface area contributed by atoms with Gasteiger partial charge < -0.3 is 9.88 Å². The van der Waals surface area contributed by atoms with Gasteiger partial charge >= 0.3 is 0 Å². The highest BCUT2D eigenvalue weighted by Crippen LogP contribution is 2.38. The number of amides is 1. The monoisotopic (exact) mass is 423 g/mol. The fourth-order valence-electron chi connectivity index (χ4n) is 4.76. The van der Waals surface area contributed by atoms with E-state index in [1.807, 2.05) is 12.1 Å². The molecule has 5 rings (SSSR count). The Balaban J connectivity index is 1.25. The van der Waals surface area contributed by atoms with Crippen molar-refractivity contribution in [2.45, 2.75) is 18.8 Å². The predicted octanol–water partition coefficient (Wildman–Crippen LogP) is 5.20. The van der Waals surface area contributed by atoms with Gasteiger partial charge in [0.05, 0.1) is 0 Å². The molecule has 154 valence electrons. The molecule has 1 aromatic heterocycles. The van der Waals surface area contributed by atoms with E-state index in [4.69, 9.17) is 11.6 Å². The number of halogens is 2. The highest BCUT2D eigenvalue weighted by Gasteiger charge is 2.29. The predicted molar refractivity (Wildman–Crippen MR) is 120 cm³/mol. The van der Waals surface area contributed by atoms with Crippen molar-refractivity contribution in [3.05, 3.63) is 70.6 Å².